The van der Waals surface area contributed by atoms with Crippen molar-refractivity contribution in [1.29, 1.82) is 0 Å². The van der Waals surface area contributed by atoms with Gasteiger partial charge in [0.1, 0.15) is 5.82 Å². The van der Waals surface area contributed by atoms with E-state index >= 15 is 0 Å². The van der Waals surface area contributed by atoms with Gasteiger partial charge in [0.2, 0.25) is 5.91 Å². The van der Waals surface area contributed by atoms with Crippen LogP contribution in [-0.4, -0.2) is 17.4 Å². The topological polar surface area (TPSA) is 44.9 Å². The number of amides is 1. The van der Waals surface area contributed by atoms with E-state index in [1.165, 1.54) is 11.6 Å². The molecule has 0 radical (unpaired) electrons. The second-order valence-electron chi connectivity index (χ2n) is 7.92. The van der Waals surface area contributed by atoms with Crippen molar-refractivity contribution in [3.63, 3.8) is 0 Å². The summed E-state index contributed by atoms with van der Waals surface area (Å²) >= 11 is 0. The Morgan fingerprint density at radius 3 is 2.68 bits per heavy atom. The molecule has 2 aromatic carbocycles. The highest BCUT2D eigenvalue weighted by atomic mass is 19.1. The number of para-hydroxylation sites is 1. The highest BCUT2D eigenvalue weighted by Gasteiger charge is 2.24. The van der Waals surface area contributed by atoms with E-state index in [1.54, 1.807) is 6.07 Å². The lowest BCUT2D eigenvalue weighted by Gasteiger charge is -2.19. The molecule has 0 unspecified atom stereocenters. The average Bonchev–Trinajstić information content (AvgIpc) is 3.10. The molecule has 1 amide bonds. The van der Waals surface area contributed by atoms with Crippen molar-refractivity contribution >= 4 is 16.8 Å². The summed E-state index contributed by atoms with van der Waals surface area (Å²) in [6.45, 7) is 8.80. The van der Waals surface area contributed by atoms with Gasteiger partial charge >= 0.3 is 0 Å². The average molecular weight is 381 g/mol. The zero-order chi connectivity index (χ0) is 20.3. The summed E-state index contributed by atoms with van der Waals surface area (Å²) in [5, 5.41) is 4.03. The van der Waals surface area contributed by atoms with Crippen LogP contribution >= 0.6 is 0 Å². The Balaban J connectivity index is 2.06. The Labute approximate surface area is 166 Å². The fourth-order valence-corrected chi connectivity index (χ4v) is 3.71. The van der Waals surface area contributed by atoms with Crippen LogP contribution in [0.25, 0.3) is 10.9 Å². The van der Waals surface area contributed by atoms with E-state index in [2.05, 4.69) is 37.1 Å². The molecule has 0 aliphatic carbocycles. The number of benzene rings is 2. The van der Waals surface area contributed by atoms with E-state index in [4.69, 9.17) is 0 Å². The molecular formula is C24H29FN2O. The minimum Gasteiger partial charge on any atom is -0.361 e. The number of aromatic amines is 1. The standard InChI is InChI=1S/C24H29FN2O/c1-5-17-7-6-8-18-21(14-27-24(17)18)19(12-23(28)26-13-15(2)3)20-11-16(4)9-10-22(20)25/h6-11,14-15,19,27H,5,12-13H2,1-4H3,(H,26,28)/t19-/m0/s1. The van der Waals surface area contributed by atoms with Gasteiger partial charge < -0.3 is 10.3 Å². The number of aromatic nitrogens is 1. The van der Waals surface area contributed by atoms with Crippen molar-refractivity contribution < 1.29 is 9.18 Å². The third-order valence-corrected chi connectivity index (χ3v) is 5.21. The molecule has 0 spiro atoms. The van der Waals surface area contributed by atoms with Crippen LogP contribution in [-0.2, 0) is 11.2 Å². The lowest BCUT2D eigenvalue weighted by Crippen LogP contribution is -2.29. The zero-order valence-corrected chi connectivity index (χ0v) is 17.1. The molecule has 1 aromatic heterocycles. The van der Waals surface area contributed by atoms with Crippen LogP contribution in [0.1, 0.15) is 55.4 Å². The molecule has 148 valence electrons. The Hall–Kier alpha value is -2.62. The van der Waals surface area contributed by atoms with Crippen LogP contribution in [0.5, 0.6) is 0 Å². The fraction of sp³-hybridized carbons (Fsp3) is 0.375. The molecule has 4 heteroatoms. The minimum absolute atomic E-state index is 0.0550. The number of hydrogen-bond acceptors (Lipinski definition) is 1. The number of nitrogens with one attached hydrogen (secondary N) is 2. The van der Waals surface area contributed by atoms with Gasteiger partial charge in [0.25, 0.3) is 0 Å². The summed E-state index contributed by atoms with van der Waals surface area (Å²) in [7, 11) is 0. The lowest BCUT2D eigenvalue weighted by molar-refractivity contribution is -0.121. The minimum atomic E-state index is -0.340. The Bertz CT molecular complexity index is 974. The van der Waals surface area contributed by atoms with Crippen molar-refractivity contribution in [3.05, 3.63) is 70.7 Å². The molecule has 0 aliphatic rings. The van der Waals surface area contributed by atoms with Crippen molar-refractivity contribution in [1.82, 2.24) is 10.3 Å². The number of carbonyl (C=O) groups is 1. The number of hydrogen-bond donors (Lipinski definition) is 2. The third-order valence-electron chi connectivity index (χ3n) is 5.21. The molecule has 0 aliphatic heterocycles. The maximum atomic E-state index is 14.8. The van der Waals surface area contributed by atoms with Gasteiger partial charge in [0, 0.05) is 36.0 Å². The molecule has 1 atom stereocenters. The maximum Gasteiger partial charge on any atom is 0.220 e. The van der Waals surface area contributed by atoms with Gasteiger partial charge in [-0.3, -0.25) is 4.79 Å². The summed E-state index contributed by atoms with van der Waals surface area (Å²) in [6, 6.07) is 11.3. The predicted octanol–water partition coefficient (Wildman–Crippen LogP) is 5.47. The Morgan fingerprint density at radius 2 is 1.96 bits per heavy atom. The van der Waals surface area contributed by atoms with Crippen LogP contribution in [0.15, 0.2) is 42.6 Å². The van der Waals surface area contributed by atoms with Crippen LogP contribution < -0.4 is 5.32 Å². The first-order chi connectivity index (χ1) is 13.4. The fourth-order valence-electron chi connectivity index (χ4n) is 3.71. The summed E-state index contributed by atoms with van der Waals surface area (Å²) < 4.78 is 14.8. The number of carbonyl (C=O) groups excluding carboxylic acids is 1. The lowest BCUT2D eigenvalue weighted by atomic mass is 9.86. The highest BCUT2D eigenvalue weighted by molar-refractivity contribution is 5.88. The van der Waals surface area contributed by atoms with Crippen LogP contribution in [0, 0.1) is 18.7 Å². The zero-order valence-electron chi connectivity index (χ0n) is 17.1. The summed E-state index contributed by atoms with van der Waals surface area (Å²) in [4.78, 5) is 16.0. The SMILES string of the molecule is CCc1cccc2c([C@@H](CC(=O)NCC(C)C)c3cc(C)ccc3F)c[nH]c12. The third kappa shape index (κ3) is 4.27. The van der Waals surface area contributed by atoms with Gasteiger partial charge in [-0.15, -0.1) is 0 Å². The molecule has 2 N–H and O–H groups in total. The van der Waals surface area contributed by atoms with Crippen molar-refractivity contribution in [2.45, 2.75) is 46.5 Å². The van der Waals surface area contributed by atoms with Crippen molar-refractivity contribution in [2.75, 3.05) is 6.54 Å². The molecule has 1 heterocycles. The maximum absolute atomic E-state index is 14.8. The number of halogens is 1. The van der Waals surface area contributed by atoms with Crippen molar-refractivity contribution in [3.8, 4) is 0 Å². The van der Waals surface area contributed by atoms with Gasteiger partial charge in [-0.1, -0.05) is 56.7 Å². The smallest absolute Gasteiger partial charge is 0.220 e. The van der Waals surface area contributed by atoms with E-state index in [1.807, 2.05) is 31.3 Å². The first kappa shape index (κ1) is 20.1. The molecule has 0 saturated heterocycles. The van der Waals surface area contributed by atoms with Gasteiger partial charge in [0.05, 0.1) is 0 Å². The highest BCUT2D eigenvalue weighted by Crippen LogP contribution is 2.36. The van der Waals surface area contributed by atoms with Crippen LogP contribution in [0.3, 0.4) is 0 Å². The van der Waals surface area contributed by atoms with E-state index in [0.29, 0.717) is 18.0 Å². The molecular weight excluding hydrogens is 351 g/mol. The van der Waals surface area contributed by atoms with E-state index < -0.39 is 0 Å². The largest absolute Gasteiger partial charge is 0.361 e. The first-order valence-corrected chi connectivity index (χ1v) is 10.0. The van der Waals surface area contributed by atoms with E-state index in [-0.39, 0.29) is 24.1 Å². The van der Waals surface area contributed by atoms with Crippen molar-refractivity contribution in [2.24, 2.45) is 5.92 Å². The van der Waals surface area contributed by atoms with Gasteiger partial charge in [0.15, 0.2) is 0 Å². The van der Waals surface area contributed by atoms with E-state index in [0.717, 1.165) is 28.5 Å². The molecule has 0 bridgehead atoms. The quantitative estimate of drug-likeness (QED) is 0.561. The summed E-state index contributed by atoms with van der Waals surface area (Å²) in [5.74, 6) is -0.292. The monoisotopic (exact) mass is 380 g/mol. The summed E-state index contributed by atoms with van der Waals surface area (Å²) in [5.41, 5.74) is 4.81. The Kier molecular flexibility index (Phi) is 6.18. The number of fused-ring (bicyclic) bond motifs is 1. The Morgan fingerprint density at radius 1 is 1.18 bits per heavy atom. The molecule has 0 saturated carbocycles. The van der Waals surface area contributed by atoms with Gasteiger partial charge in [-0.2, -0.15) is 0 Å². The number of aryl methyl sites for hydroxylation is 2. The van der Waals surface area contributed by atoms with Gasteiger partial charge in [-0.05, 0) is 42.0 Å². The van der Waals surface area contributed by atoms with E-state index in [9.17, 15) is 9.18 Å². The molecule has 3 rings (SSSR count). The normalized spacial score (nSPS) is 12.5. The van der Waals surface area contributed by atoms with Crippen LogP contribution in [0.2, 0.25) is 0 Å². The van der Waals surface area contributed by atoms with Crippen LogP contribution in [0.4, 0.5) is 4.39 Å². The molecule has 3 aromatic rings. The predicted molar refractivity (Wildman–Crippen MR) is 113 cm³/mol. The second kappa shape index (κ2) is 8.59. The molecule has 0 fully saturated rings. The van der Waals surface area contributed by atoms with Gasteiger partial charge in [-0.25, -0.2) is 4.39 Å². The number of rotatable bonds is 7. The molecule has 3 nitrogen and oxygen atoms in total. The second-order valence-corrected chi connectivity index (χ2v) is 7.92. The number of H-pyrrole nitrogens is 1. The summed E-state index contributed by atoms with van der Waals surface area (Å²) in [6.07, 6.45) is 3.07. The first-order valence-electron chi connectivity index (χ1n) is 10.0. The molecule has 28 heavy (non-hydrogen) atoms.